The van der Waals surface area contributed by atoms with E-state index in [0.29, 0.717) is 0 Å². The highest BCUT2D eigenvalue weighted by molar-refractivity contribution is 7.95. The smallest absolute Gasteiger partial charge is 0.332 e. The minimum absolute atomic E-state index is 0.0408. The summed E-state index contributed by atoms with van der Waals surface area (Å²) in [5.74, 6) is -2.00. The quantitative estimate of drug-likeness (QED) is 0.512. The Kier molecular flexibility index (Phi) is 4.70. The first kappa shape index (κ1) is 15.3. The Hall–Kier alpha value is -0.710. The van der Waals surface area contributed by atoms with Crippen LogP contribution in [0.5, 0.6) is 0 Å². The number of hydrogen-bond donors (Lipinski definition) is 3. The Morgan fingerprint density at radius 2 is 2.06 bits per heavy atom. The van der Waals surface area contributed by atoms with Crippen LogP contribution in [0.1, 0.15) is 12.8 Å². The van der Waals surface area contributed by atoms with Crippen LogP contribution in [-0.4, -0.2) is 62.4 Å². The Bertz CT molecular complexity index is 510. The van der Waals surface area contributed by atoms with Crippen LogP contribution in [0.3, 0.4) is 0 Å². The Labute approximate surface area is 105 Å². The van der Waals surface area contributed by atoms with Crippen molar-refractivity contribution in [2.45, 2.75) is 24.2 Å². The van der Waals surface area contributed by atoms with Gasteiger partial charge in [0.25, 0.3) is 0 Å². The molecule has 2 unspecified atom stereocenters. The molecule has 0 radical (unpaired) electrons. The first-order valence-corrected chi connectivity index (χ1v) is 8.60. The number of aliphatic hydroxyl groups excluding tert-OH is 1. The maximum atomic E-state index is 11.7. The lowest BCUT2D eigenvalue weighted by Crippen LogP contribution is -2.37. The Balaban J connectivity index is 2.49. The molecule has 106 valence electrons. The number of nitrogens with one attached hydrogen (secondary N) is 1. The van der Waals surface area contributed by atoms with E-state index < -0.39 is 42.9 Å². The molecule has 1 saturated heterocycles. The number of aliphatic carboxylic acids is 1. The van der Waals surface area contributed by atoms with E-state index in [1.165, 1.54) is 0 Å². The van der Waals surface area contributed by atoms with Crippen molar-refractivity contribution in [3.63, 3.8) is 0 Å². The summed E-state index contributed by atoms with van der Waals surface area (Å²) in [6.45, 7) is -0.244. The van der Waals surface area contributed by atoms with E-state index in [1.54, 1.807) is 0 Å². The van der Waals surface area contributed by atoms with Gasteiger partial charge in [0.1, 0.15) is 0 Å². The maximum absolute atomic E-state index is 11.7. The molecule has 0 amide bonds. The van der Waals surface area contributed by atoms with Crippen LogP contribution in [0.4, 0.5) is 0 Å². The third kappa shape index (κ3) is 4.19. The van der Waals surface area contributed by atoms with E-state index in [1.807, 2.05) is 0 Å². The van der Waals surface area contributed by atoms with Gasteiger partial charge in [-0.15, -0.1) is 0 Å². The monoisotopic (exact) mass is 301 g/mol. The van der Waals surface area contributed by atoms with Gasteiger partial charge >= 0.3 is 5.97 Å². The van der Waals surface area contributed by atoms with E-state index in [-0.39, 0.29) is 25.1 Å². The van der Waals surface area contributed by atoms with Crippen LogP contribution >= 0.6 is 0 Å². The first-order chi connectivity index (χ1) is 8.14. The normalized spacial score (nSPS) is 24.8. The second-order valence-corrected chi connectivity index (χ2v) is 8.38. The van der Waals surface area contributed by atoms with Crippen LogP contribution in [0.25, 0.3) is 0 Å². The zero-order chi connectivity index (χ0) is 14.0. The molecular weight excluding hydrogens is 286 g/mol. The molecule has 2 atom stereocenters. The largest absolute Gasteiger partial charge is 0.479 e. The van der Waals surface area contributed by atoms with Crippen molar-refractivity contribution < 1.29 is 31.8 Å². The number of aliphatic hydroxyl groups is 1. The van der Waals surface area contributed by atoms with Gasteiger partial charge < -0.3 is 10.2 Å². The fourth-order valence-electron chi connectivity index (χ4n) is 1.58. The van der Waals surface area contributed by atoms with Gasteiger partial charge in [0, 0.05) is 6.54 Å². The zero-order valence-electron chi connectivity index (χ0n) is 9.44. The topological polar surface area (TPSA) is 138 Å². The minimum atomic E-state index is -3.79. The highest BCUT2D eigenvalue weighted by Gasteiger charge is 2.36. The average Bonchev–Trinajstić information content (AvgIpc) is 2.59. The van der Waals surface area contributed by atoms with Gasteiger partial charge in [-0.25, -0.2) is 26.4 Å². The highest BCUT2D eigenvalue weighted by Crippen LogP contribution is 2.18. The molecule has 0 spiro atoms. The van der Waals surface area contributed by atoms with Gasteiger partial charge in [0.2, 0.25) is 10.0 Å². The van der Waals surface area contributed by atoms with Crippen LogP contribution in [0.2, 0.25) is 0 Å². The van der Waals surface area contributed by atoms with Crippen molar-refractivity contribution in [1.29, 1.82) is 0 Å². The predicted molar refractivity (Wildman–Crippen MR) is 62.2 cm³/mol. The summed E-state index contributed by atoms with van der Waals surface area (Å²) in [6.07, 6.45) is -1.87. The van der Waals surface area contributed by atoms with E-state index in [0.717, 1.165) is 0 Å². The first-order valence-electron chi connectivity index (χ1n) is 5.24. The van der Waals surface area contributed by atoms with Crippen molar-refractivity contribution in [3.05, 3.63) is 0 Å². The summed E-state index contributed by atoms with van der Waals surface area (Å²) >= 11 is 0. The van der Waals surface area contributed by atoms with E-state index in [9.17, 15) is 21.6 Å². The lowest BCUT2D eigenvalue weighted by atomic mass is 10.3. The number of carboxylic acids is 1. The predicted octanol–water partition coefficient (Wildman–Crippen LogP) is -2.07. The van der Waals surface area contributed by atoms with Crippen LogP contribution in [0, 0.1) is 0 Å². The molecule has 0 aromatic carbocycles. The molecule has 0 aliphatic carbocycles. The molecule has 1 rings (SSSR count). The number of rotatable bonds is 6. The molecule has 1 aliphatic rings. The standard InChI is InChI=1S/C8H15NO7S2/c10-7(8(11)12)1-3-9-18(15,16)6-2-4-17(13,14)5-6/h6-7,9-10H,1-5H2,(H,11,12). The van der Waals surface area contributed by atoms with Crippen molar-refractivity contribution >= 4 is 25.8 Å². The molecule has 0 aromatic rings. The lowest BCUT2D eigenvalue weighted by molar-refractivity contribution is -0.146. The fraction of sp³-hybridized carbons (Fsp3) is 0.875. The Morgan fingerprint density at radius 1 is 1.44 bits per heavy atom. The molecule has 0 aromatic heterocycles. The lowest BCUT2D eigenvalue weighted by Gasteiger charge is -2.12. The number of hydrogen-bond acceptors (Lipinski definition) is 6. The van der Waals surface area contributed by atoms with Gasteiger partial charge in [-0.2, -0.15) is 0 Å². The summed E-state index contributed by atoms with van der Waals surface area (Å²) in [5, 5.41) is 16.3. The summed E-state index contributed by atoms with van der Waals surface area (Å²) < 4.78 is 47.7. The molecule has 10 heteroatoms. The molecule has 1 heterocycles. The second kappa shape index (κ2) is 5.51. The van der Waals surface area contributed by atoms with Crippen molar-refractivity contribution in [3.8, 4) is 0 Å². The SMILES string of the molecule is O=C(O)C(O)CCNS(=O)(=O)C1CCS(=O)(=O)C1. The van der Waals surface area contributed by atoms with Gasteiger partial charge in [0.05, 0.1) is 16.8 Å². The molecule has 0 bridgehead atoms. The molecule has 0 saturated carbocycles. The van der Waals surface area contributed by atoms with E-state index in [2.05, 4.69) is 4.72 Å². The van der Waals surface area contributed by atoms with Gasteiger partial charge in [-0.3, -0.25) is 0 Å². The molecule has 18 heavy (non-hydrogen) atoms. The number of sulfone groups is 1. The number of sulfonamides is 1. The third-order valence-electron chi connectivity index (χ3n) is 2.64. The van der Waals surface area contributed by atoms with Gasteiger partial charge in [-0.05, 0) is 12.8 Å². The Morgan fingerprint density at radius 3 is 2.50 bits per heavy atom. The number of carboxylic acid groups (broad SMARTS) is 1. The van der Waals surface area contributed by atoms with E-state index >= 15 is 0 Å². The van der Waals surface area contributed by atoms with Crippen LogP contribution < -0.4 is 4.72 Å². The van der Waals surface area contributed by atoms with Crippen LogP contribution in [0.15, 0.2) is 0 Å². The molecule has 8 nitrogen and oxygen atoms in total. The van der Waals surface area contributed by atoms with Crippen LogP contribution in [-0.2, 0) is 24.7 Å². The summed E-state index contributed by atoms with van der Waals surface area (Å²) in [5.41, 5.74) is 0. The van der Waals surface area contributed by atoms with Crippen molar-refractivity contribution in [2.75, 3.05) is 18.1 Å². The second-order valence-electron chi connectivity index (χ2n) is 4.11. The molecule has 3 N–H and O–H groups in total. The molecule has 1 fully saturated rings. The highest BCUT2D eigenvalue weighted by atomic mass is 32.2. The van der Waals surface area contributed by atoms with Gasteiger partial charge in [-0.1, -0.05) is 0 Å². The van der Waals surface area contributed by atoms with Gasteiger partial charge in [0.15, 0.2) is 15.9 Å². The third-order valence-corrected chi connectivity index (χ3v) is 6.50. The van der Waals surface area contributed by atoms with E-state index in [4.69, 9.17) is 10.2 Å². The average molecular weight is 301 g/mol. The summed E-state index contributed by atoms with van der Waals surface area (Å²) in [4.78, 5) is 10.3. The summed E-state index contributed by atoms with van der Waals surface area (Å²) in [7, 11) is -7.08. The summed E-state index contributed by atoms with van der Waals surface area (Å²) in [6, 6.07) is 0. The maximum Gasteiger partial charge on any atom is 0.332 e. The van der Waals surface area contributed by atoms with Crippen molar-refractivity contribution in [1.82, 2.24) is 4.72 Å². The van der Waals surface area contributed by atoms with Crippen molar-refractivity contribution in [2.24, 2.45) is 0 Å². The minimum Gasteiger partial charge on any atom is -0.479 e. The molecule has 1 aliphatic heterocycles. The zero-order valence-corrected chi connectivity index (χ0v) is 11.1. The fourth-order valence-corrected chi connectivity index (χ4v) is 5.68. The molecular formula is C8H15NO7S2. The number of carbonyl (C=O) groups is 1.